The van der Waals surface area contributed by atoms with Crippen LogP contribution < -0.4 is 5.73 Å². The summed E-state index contributed by atoms with van der Waals surface area (Å²) < 4.78 is 28.6. The van der Waals surface area contributed by atoms with E-state index in [1.165, 1.54) is 11.0 Å². The van der Waals surface area contributed by atoms with Crippen molar-refractivity contribution in [2.45, 2.75) is 38.8 Å². The second kappa shape index (κ2) is 8.26. The van der Waals surface area contributed by atoms with Gasteiger partial charge in [-0.15, -0.1) is 0 Å². The monoisotopic (exact) mass is 402 g/mol. The van der Waals surface area contributed by atoms with E-state index in [-0.39, 0.29) is 33.8 Å². The quantitative estimate of drug-likeness (QED) is 0.575. The molecule has 1 aliphatic rings. The van der Waals surface area contributed by atoms with E-state index in [0.717, 1.165) is 0 Å². The zero-order valence-corrected chi connectivity index (χ0v) is 16.3. The minimum atomic E-state index is -3.13. The predicted octanol–water partition coefficient (Wildman–Crippen LogP) is 1.89. The molecule has 0 spiro atoms. The number of carbonyl (C=O) groups is 2. The number of hydrogen-bond donors (Lipinski definition) is 1. The lowest BCUT2D eigenvalue weighted by atomic mass is 10.1. The van der Waals surface area contributed by atoms with Gasteiger partial charge in [0.15, 0.2) is 16.4 Å². The van der Waals surface area contributed by atoms with Gasteiger partial charge in [-0.2, -0.15) is 0 Å². The van der Waals surface area contributed by atoms with E-state index in [0.29, 0.717) is 12.8 Å². The van der Waals surface area contributed by atoms with Crippen molar-refractivity contribution in [2.75, 3.05) is 23.8 Å². The fourth-order valence-corrected chi connectivity index (χ4v) is 4.88. The van der Waals surface area contributed by atoms with Gasteiger partial charge in [0, 0.05) is 12.1 Å². The van der Waals surface area contributed by atoms with E-state index in [9.17, 15) is 18.0 Å². The smallest absolute Gasteiger partial charge is 0.340 e. The first-order valence-corrected chi connectivity index (χ1v) is 10.6. The van der Waals surface area contributed by atoms with Crippen molar-refractivity contribution in [3.63, 3.8) is 0 Å². The third-order valence-corrected chi connectivity index (χ3v) is 6.63. The number of para-hydroxylation sites is 1. The Morgan fingerprint density at radius 1 is 1.42 bits per heavy atom. The van der Waals surface area contributed by atoms with Crippen LogP contribution in [0.1, 0.15) is 37.0 Å². The predicted molar refractivity (Wildman–Crippen MR) is 99.8 cm³/mol. The molecule has 2 atom stereocenters. The van der Waals surface area contributed by atoms with Crippen LogP contribution >= 0.6 is 11.6 Å². The highest BCUT2D eigenvalue weighted by Gasteiger charge is 2.36. The molecule has 0 aromatic heterocycles. The normalized spacial score (nSPS) is 19.7. The molecule has 0 radical (unpaired) electrons. The third kappa shape index (κ3) is 4.67. The molecule has 1 heterocycles. The summed E-state index contributed by atoms with van der Waals surface area (Å²) in [4.78, 5) is 26.3. The van der Waals surface area contributed by atoms with Crippen LogP contribution in [0.4, 0.5) is 5.69 Å². The molecule has 144 valence electrons. The summed E-state index contributed by atoms with van der Waals surface area (Å²) >= 11 is 5.88. The highest BCUT2D eigenvalue weighted by Crippen LogP contribution is 2.24. The Hall–Kier alpha value is -1.80. The van der Waals surface area contributed by atoms with E-state index in [4.69, 9.17) is 22.1 Å². The van der Waals surface area contributed by atoms with Crippen molar-refractivity contribution in [1.82, 2.24) is 4.90 Å². The van der Waals surface area contributed by atoms with E-state index >= 15 is 0 Å². The number of halogens is 1. The summed E-state index contributed by atoms with van der Waals surface area (Å²) in [5, 5.41) is 0.225. The molecule has 1 aromatic rings. The molecule has 7 nitrogen and oxygen atoms in total. The van der Waals surface area contributed by atoms with Crippen LogP contribution in [-0.2, 0) is 19.4 Å². The molecule has 9 heteroatoms. The first-order valence-electron chi connectivity index (χ1n) is 8.39. The maximum atomic E-state index is 12.6. The van der Waals surface area contributed by atoms with Crippen molar-refractivity contribution < 1.29 is 22.7 Å². The Labute approximate surface area is 158 Å². The number of nitrogen functional groups attached to an aromatic ring is 1. The molecule has 0 saturated carbocycles. The zero-order chi connectivity index (χ0) is 19.5. The zero-order valence-electron chi connectivity index (χ0n) is 14.8. The minimum absolute atomic E-state index is 0.0573. The van der Waals surface area contributed by atoms with Gasteiger partial charge in [0.25, 0.3) is 5.91 Å². The molecule has 2 N–H and O–H groups in total. The van der Waals surface area contributed by atoms with Gasteiger partial charge in [0.1, 0.15) is 0 Å². The molecule has 1 saturated heterocycles. The van der Waals surface area contributed by atoms with E-state index in [1.54, 1.807) is 12.1 Å². The van der Waals surface area contributed by atoms with Crippen molar-refractivity contribution in [2.24, 2.45) is 0 Å². The number of sulfone groups is 1. The maximum absolute atomic E-state index is 12.6. The number of nitrogens with two attached hydrogens (primary N) is 1. The van der Waals surface area contributed by atoms with Gasteiger partial charge in [-0.3, -0.25) is 4.79 Å². The number of esters is 1. The van der Waals surface area contributed by atoms with Crippen molar-refractivity contribution >= 4 is 39.0 Å². The van der Waals surface area contributed by atoms with E-state index in [1.807, 2.05) is 13.8 Å². The first-order chi connectivity index (χ1) is 12.2. The van der Waals surface area contributed by atoms with Gasteiger partial charge >= 0.3 is 5.97 Å². The maximum Gasteiger partial charge on any atom is 0.340 e. The van der Waals surface area contributed by atoms with Gasteiger partial charge < -0.3 is 15.4 Å². The van der Waals surface area contributed by atoms with Gasteiger partial charge in [-0.05, 0) is 31.9 Å². The lowest BCUT2D eigenvalue weighted by Gasteiger charge is -2.33. The summed E-state index contributed by atoms with van der Waals surface area (Å²) in [7, 11) is -3.13. The molecule has 1 fully saturated rings. The number of amides is 1. The highest BCUT2D eigenvalue weighted by atomic mass is 35.5. The van der Waals surface area contributed by atoms with Gasteiger partial charge in [0.2, 0.25) is 0 Å². The number of rotatable bonds is 6. The molecule has 0 unspecified atom stereocenters. The summed E-state index contributed by atoms with van der Waals surface area (Å²) in [5.41, 5.74) is 5.93. The molecular weight excluding hydrogens is 380 g/mol. The van der Waals surface area contributed by atoms with Crippen LogP contribution in [0.3, 0.4) is 0 Å². The average Bonchev–Trinajstić information content (AvgIpc) is 2.94. The number of ether oxygens (including phenoxy) is 1. The van der Waals surface area contributed by atoms with Gasteiger partial charge in [-0.25, -0.2) is 13.2 Å². The van der Waals surface area contributed by atoms with Gasteiger partial charge in [-0.1, -0.05) is 24.6 Å². The standard InChI is InChI=1S/C17H23ClN2O5S/c1-3-11(2)20(12-7-8-26(23,24)10-12)15(21)9-25-17(22)13-5-4-6-14(18)16(13)19/h4-6,11-12H,3,7-10,19H2,1-2H3/t11-,12-/m0/s1. The lowest BCUT2D eigenvalue weighted by Crippen LogP contribution is -2.48. The van der Waals surface area contributed by atoms with Crippen LogP contribution in [0, 0.1) is 0 Å². The molecule has 1 aromatic carbocycles. The number of hydrogen-bond acceptors (Lipinski definition) is 6. The number of anilines is 1. The summed E-state index contributed by atoms with van der Waals surface area (Å²) in [6, 6.07) is 4.02. The number of benzene rings is 1. The molecule has 1 amide bonds. The Balaban J connectivity index is 2.07. The fourth-order valence-electron chi connectivity index (χ4n) is 3.00. The Bertz CT molecular complexity index is 796. The van der Waals surface area contributed by atoms with Crippen LogP contribution in [-0.4, -0.2) is 55.4 Å². The number of nitrogens with zero attached hydrogens (tertiary/aromatic N) is 1. The van der Waals surface area contributed by atoms with Crippen molar-refractivity contribution in [3.05, 3.63) is 28.8 Å². The average molecular weight is 403 g/mol. The van der Waals surface area contributed by atoms with Crippen molar-refractivity contribution in [3.8, 4) is 0 Å². The van der Waals surface area contributed by atoms with Crippen LogP contribution in [0.5, 0.6) is 0 Å². The molecule has 0 bridgehead atoms. The Kier molecular flexibility index (Phi) is 6.52. The van der Waals surface area contributed by atoms with Gasteiger partial charge in [0.05, 0.1) is 27.8 Å². The Morgan fingerprint density at radius 3 is 2.69 bits per heavy atom. The highest BCUT2D eigenvalue weighted by molar-refractivity contribution is 7.91. The molecule has 2 rings (SSSR count). The summed E-state index contributed by atoms with van der Waals surface area (Å²) in [5.74, 6) is -1.16. The van der Waals surface area contributed by atoms with Crippen LogP contribution in [0.15, 0.2) is 18.2 Å². The minimum Gasteiger partial charge on any atom is -0.452 e. The molecule has 26 heavy (non-hydrogen) atoms. The topological polar surface area (TPSA) is 107 Å². The Morgan fingerprint density at radius 2 is 2.12 bits per heavy atom. The fraction of sp³-hybridized carbons (Fsp3) is 0.529. The summed E-state index contributed by atoms with van der Waals surface area (Å²) in [6.45, 7) is 3.28. The van der Waals surface area contributed by atoms with E-state index in [2.05, 4.69) is 0 Å². The second-order valence-corrected chi connectivity index (χ2v) is 9.03. The summed E-state index contributed by atoms with van der Waals surface area (Å²) in [6.07, 6.45) is 1.06. The van der Waals surface area contributed by atoms with Crippen LogP contribution in [0.2, 0.25) is 5.02 Å². The van der Waals surface area contributed by atoms with Crippen molar-refractivity contribution in [1.29, 1.82) is 0 Å². The largest absolute Gasteiger partial charge is 0.452 e. The molecule has 1 aliphatic heterocycles. The first kappa shape index (κ1) is 20.5. The van der Waals surface area contributed by atoms with Crippen LogP contribution in [0.25, 0.3) is 0 Å². The second-order valence-electron chi connectivity index (χ2n) is 6.39. The third-order valence-electron chi connectivity index (χ3n) is 4.56. The molecular formula is C17H23ClN2O5S. The van der Waals surface area contributed by atoms with E-state index < -0.39 is 34.4 Å². The lowest BCUT2D eigenvalue weighted by molar-refractivity contribution is -0.138. The number of carbonyl (C=O) groups excluding carboxylic acids is 2. The molecule has 0 aliphatic carbocycles. The SMILES string of the molecule is CC[C@H](C)N(C(=O)COC(=O)c1cccc(Cl)c1N)[C@H]1CCS(=O)(=O)C1.